The molecule has 0 unspecified atom stereocenters. The summed E-state index contributed by atoms with van der Waals surface area (Å²) in [4.78, 5) is 15.2. The SMILES string of the molecule is O=C(NC[C@@H](c1cccc2ccccc12)[NH+]1CCCC1)C12CC3CC(CC(C3)C1)C2. The van der Waals surface area contributed by atoms with Gasteiger partial charge in [0.15, 0.2) is 0 Å². The summed E-state index contributed by atoms with van der Waals surface area (Å²) in [6.45, 7) is 3.23. The Labute approximate surface area is 180 Å². The number of fused-ring (bicyclic) bond motifs is 1. The third-order valence-corrected chi connectivity index (χ3v) is 8.92. The number of amides is 1. The molecule has 1 heterocycles. The highest BCUT2D eigenvalue weighted by Crippen LogP contribution is 2.60. The van der Waals surface area contributed by atoms with Gasteiger partial charge in [0.1, 0.15) is 6.04 Å². The number of carbonyl (C=O) groups is 1. The normalized spacial score (nSPS) is 33.8. The highest BCUT2D eigenvalue weighted by molar-refractivity contribution is 5.86. The fourth-order valence-corrected chi connectivity index (χ4v) is 7.98. The fraction of sp³-hybridized carbons (Fsp3) is 0.593. The van der Waals surface area contributed by atoms with E-state index in [0.717, 1.165) is 43.6 Å². The first-order chi connectivity index (χ1) is 14.7. The topological polar surface area (TPSA) is 33.5 Å². The number of rotatable bonds is 5. The molecule has 3 heteroatoms. The van der Waals surface area contributed by atoms with E-state index in [4.69, 9.17) is 0 Å². The molecule has 2 aromatic rings. The number of hydrogen-bond acceptors (Lipinski definition) is 1. The molecule has 7 rings (SSSR count). The first-order valence-electron chi connectivity index (χ1n) is 12.3. The van der Waals surface area contributed by atoms with E-state index in [1.165, 1.54) is 61.5 Å². The van der Waals surface area contributed by atoms with Crippen molar-refractivity contribution in [2.45, 2.75) is 57.4 Å². The molecule has 158 valence electrons. The number of nitrogens with one attached hydrogen (secondary N) is 2. The van der Waals surface area contributed by atoms with Crippen molar-refractivity contribution in [1.29, 1.82) is 0 Å². The average Bonchev–Trinajstić information content (AvgIpc) is 3.27. The van der Waals surface area contributed by atoms with Gasteiger partial charge in [0.05, 0.1) is 19.6 Å². The Morgan fingerprint density at radius 3 is 2.27 bits per heavy atom. The Balaban J connectivity index is 1.26. The molecule has 0 radical (unpaired) electrons. The number of benzene rings is 2. The molecule has 2 N–H and O–H groups in total. The zero-order chi connectivity index (χ0) is 20.1. The molecule has 1 saturated heterocycles. The van der Waals surface area contributed by atoms with Crippen LogP contribution in [0.3, 0.4) is 0 Å². The van der Waals surface area contributed by atoms with Crippen LogP contribution in [0.2, 0.25) is 0 Å². The second-order valence-electron chi connectivity index (χ2n) is 10.9. The third kappa shape index (κ3) is 3.17. The fourth-order valence-electron chi connectivity index (χ4n) is 7.98. The lowest BCUT2D eigenvalue weighted by molar-refractivity contribution is -0.918. The molecule has 2 aromatic carbocycles. The number of carbonyl (C=O) groups excluding carboxylic acids is 1. The van der Waals surface area contributed by atoms with Gasteiger partial charge < -0.3 is 10.2 Å². The minimum absolute atomic E-state index is 0.0433. The largest absolute Gasteiger partial charge is 0.349 e. The highest BCUT2D eigenvalue weighted by atomic mass is 16.2. The monoisotopic (exact) mass is 403 g/mol. The predicted molar refractivity (Wildman–Crippen MR) is 120 cm³/mol. The molecule has 1 amide bonds. The number of hydrogen-bond donors (Lipinski definition) is 2. The molecular weight excluding hydrogens is 368 g/mol. The van der Waals surface area contributed by atoms with E-state index in [1.54, 1.807) is 4.90 Å². The van der Waals surface area contributed by atoms with Crippen molar-refractivity contribution in [1.82, 2.24) is 5.32 Å². The summed E-state index contributed by atoms with van der Waals surface area (Å²) in [6.07, 6.45) is 10.2. The van der Waals surface area contributed by atoms with E-state index >= 15 is 0 Å². The van der Waals surface area contributed by atoms with Gasteiger partial charge in [-0.15, -0.1) is 0 Å². The minimum atomic E-state index is -0.0433. The number of quaternary nitrogens is 1. The Bertz CT molecular complexity index is 904. The predicted octanol–water partition coefficient (Wildman–Crippen LogP) is 3.89. The molecule has 3 nitrogen and oxygen atoms in total. The Morgan fingerprint density at radius 2 is 1.57 bits per heavy atom. The highest BCUT2D eigenvalue weighted by Gasteiger charge is 2.54. The summed E-state index contributed by atoms with van der Waals surface area (Å²) in [5.41, 5.74) is 1.37. The summed E-state index contributed by atoms with van der Waals surface area (Å²) in [7, 11) is 0. The Hall–Kier alpha value is -1.87. The minimum Gasteiger partial charge on any atom is -0.349 e. The van der Waals surface area contributed by atoms with Crippen molar-refractivity contribution >= 4 is 16.7 Å². The standard InChI is InChI=1S/C27H34N2O/c30-26(27-15-19-12-20(16-27)14-21(13-19)17-27)28-18-25(29-10-3-4-11-29)24-9-5-7-22-6-1-2-8-23(22)24/h1-2,5-9,19-21,25H,3-4,10-18H2,(H,28,30)/p+1/t19?,20?,21?,25-,27?/m0/s1. The van der Waals surface area contributed by atoms with E-state index in [1.807, 2.05) is 0 Å². The van der Waals surface area contributed by atoms with Crippen molar-refractivity contribution in [3.8, 4) is 0 Å². The van der Waals surface area contributed by atoms with Crippen LogP contribution in [-0.2, 0) is 4.79 Å². The Kier molecular flexibility index (Phi) is 4.63. The Morgan fingerprint density at radius 1 is 0.933 bits per heavy atom. The van der Waals surface area contributed by atoms with Gasteiger partial charge in [-0.1, -0.05) is 42.5 Å². The lowest BCUT2D eigenvalue weighted by Gasteiger charge is -2.55. The summed E-state index contributed by atoms with van der Waals surface area (Å²) in [5, 5.41) is 6.19. The van der Waals surface area contributed by atoms with Crippen LogP contribution in [-0.4, -0.2) is 25.5 Å². The second-order valence-corrected chi connectivity index (χ2v) is 10.9. The summed E-state index contributed by atoms with van der Waals surface area (Å²) < 4.78 is 0. The lowest BCUT2D eigenvalue weighted by atomic mass is 9.49. The van der Waals surface area contributed by atoms with Crippen molar-refractivity contribution < 1.29 is 9.69 Å². The molecule has 1 atom stereocenters. The van der Waals surface area contributed by atoms with Gasteiger partial charge in [0.2, 0.25) is 5.91 Å². The van der Waals surface area contributed by atoms with Gasteiger partial charge in [0.25, 0.3) is 0 Å². The van der Waals surface area contributed by atoms with Gasteiger partial charge in [-0.25, -0.2) is 0 Å². The lowest BCUT2D eigenvalue weighted by Crippen LogP contribution is -3.11. The smallest absolute Gasteiger partial charge is 0.226 e. The van der Waals surface area contributed by atoms with Crippen LogP contribution in [0.5, 0.6) is 0 Å². The molecule has 4 bridgehead atoms. The summed E-state index contributed by atoms with van der Waals surface area (Å²) in [6, 6.07) is 15.8. The quantitative estimate of drug-likeness (QED) is 0.780. The molecule has 30 heavy (non-hydrogen) atoms. The van der Waals surface area contributed by atoms with E-state index in [0.29, 0.717) is 11.9 Å². The maximum atomic E-state index is 13.6. The van der Waals surface area contributed by atoms with E-state index in [9.17, 15) is 4.79 Å². The molecule has 5 aliphatic rings. The van der Waals surface area contributed by atoms with Crippen molar-refractivity contribution in [3.05, 3.63) is 48.0 Å². The maximum Gasteiger partial charge on any atom is 0.226 e. The van der Waals surface area contributed by atoms with Crippen LogP contribution < -0.4 is 10.2 Å². The van der Waals surface area contributed by atoms with Crippen molar-refractivity contribution in [3.63, 3.8) is 0 Å². The van der Waals surface area contributed by atoms with Gasteiger partial charge >= 0.3 is 0 Å². The molecule has 0 aromatic heterocycles. The zero-order valence-corrected chi connectivity index (χ0v) is 18.0. The maximum absolute atomic E-state index is 13.6. The van der Waals surface area contributed by atoms with E-state index in [2.05, 4.69) is 47.8 Å². The molecule has 1 aliphatic heterocycles. The van der Waals surface area contributed by atoms with E-state index < -0.39 is 0 Å². The van der Waals surface area contributed by atoms with Crippen LogP contribution >= 0.6 is 0 Å². The van der Waals surface area contributed by atoms with Gasteiger partial charge in [0, 0.05) is 23.8 Å². The molecule has 0 spiro atoms. The van der Waals surface area contributed by atoms with Gasteiger partial charge in [-0.3, -0.25) is 4.79 Å². The van der Waals surface area contributed by atoms with E-state index in [-0.39, 0.29) is 5.41 Å². The molecule has 4 aliphatic carbocycles. The second kappa shape index (κ2) is 7.37. The third-order valence-electron chi connectivity index (χ3n) is 8.92. The van der Waals surface area contributed by atoms with Crippen LogP contribution in [0, 0.1) is 23.2 Å². The number of likely N-dealkylation sites (tertiary alicyclic amines) is 1. The van der Waals surface area contributed by atoms with Crippen LogP contribution in [0.15, 0.2) is 42.5 Å². The zero-order valence-electron chi connectivity index (χ0n) is 18.0. The van der Waals surface area contributed by atoms with Crippen LogP contribution in [0.1, 0.15) is 63.0 Å². The summed E-state index contributed by atoms with van der Waals surface area (Å²) in [5.74, 6) is 2.84. The first kappa shape index (κ1) is 18.9. The van der Waals surface area contributed by atoms with Crippen LogP contribution in [0.4, 0.5) is 0 Å². The summed E-state index contributed by atoms with van der Waals surface area (Å²) >= 11 is 0. The van der Waals surface area contributed by atoms with Crippen molar-refractivity contribution in [2.24, 2.45) is 23.2 Å². The van der Waals surface area contributed by atoms with Crippen molar-refractivity contribution in [2.75, 3.05) is 19.6 Å². The van der Waals surface area contributed by atoms with Crippen LogP contribution in [0.25, 0.3) is 10.8 Å². The molecule has 4 saturated carbocycles. The first-order valence-corrected chi connectivity index (χ1v) is 12.3. The molecular formula is C27H35N2O+. The van der Waals surface area contributed by atoms with Gasteiger partial charge in [-0.05, 0) is 67.1 Å². The molecule has 5 fully saturated rings. The average molecular weight is 404 g/mol. The van der Waals surface area contributed by atoms with Gasteiger partial charge in [-0.2, -0.15) is 0 Å².